The van der Waals surface area contributed by atoms with Gasteiger partial charge in [0, 0.05) is 18.4 Å². The molecule has 2 N–H and O–H groups in total. The number of ether oxygens (including phenoxy) is 1. The molecular formula is C10H17N3OS. The zero-order valence-corrected chi connectivity index (χ0v) is 10.2. The number of anilines is 1. The van der Waals surface area contributed by atoms with Gasteiger partial charge in [-0.2, -0.15) is 0 Å². The summed E-state index contributed by atoms with van der Waals surface area (Å²) in [5.41, 5.74) is 6.52. The second kappa shape index (κ2) is 5.82. The number of nitrogens with zero attached hydrogens (tertiary/aromatic N) is 2. The lowest BCUT2D eigenvalue weighted by atomic mass is 10.4. The standard InChI is InChI=1S/C10H17N3OS/c1-13(2)6-7-15-10-8(11)4-5-9(12-10)14-3/h4-5H,6-7,11H2,1-3H3. The van der Waals surface area contributed by atoms with Crippen molar-refractivity contribution in [2.24, 2.45) is 0 Å². The number of hydrogen-bond acceptors (Lipinski definition) is 5. The minimum atomic E-state index is 0.608. The van der Waals surface area contributed by atoms with Gasteiger partial charge < -0.3 is 15.4 Å². The van der Waals surface area contributed by atoms with Gasteiger partial charge in [-0.15, -0.1) is 11.8 Å². The van der Waals surface area contributed by atoms with Gasteiger partial charge in [0.05, 0.1) is 12.8 Å². The Morgan fingerprint density at radius 2 is 2.20 bits per heavy atom. The zero-order chi connectivity index (χ0) is 11.3. The van der Waals surface area contributed by atoms with Crippen LogP contribution >= 0.6 is 11.8 Å². The molecule has 0 aliphatic heterocycles. The lowest BCUT2D eigenvalue weighted by molar-refractivity contribution is 0.394. The van der Waals surface area contributed by atoms with E-state index in [0.29, 0.717) is 11.6 Å². The molecule has 0 unspecified atom stereocenters. The molecule has 4 nitrogen and oxygen atoms in total. The minimum absolute atomic E-state index is 0.608. The maximum Gasteiger partial charge on any atom is 0.214 e. The fourth-order valence-corrected chi connectivity index (χ4v) is 2.03. The summed E-state index contributed by atoms with van der Waals surface area (Å²) in [7, 11) is 5.69. The zero-order valence-electron chi connectivity index (χ0n) is 9.36. The van der Waals surface area contributed by atoms with Crippen molar-refractivity contribution in [1.29, 1.82) is 0 Å². The summed E-state index contributed by atoms with van der Waals surface area (Å²) in [6, 6.07) is 3.59. The SMILES string of the molecule is COc1ccc(N)c(SCCN(C)C)n1. The molecule has 1 aromatic heterocycles. The highest BCUT2D eigenvalue weighted by atomic mass is 32.2. The number of nitrogen functional groups attached to an aromatic ring is 1. The highest BCUT2D eigenvalue weighted by Crippen LogP contribution is 2.24. The third kappa shape index (κ3) is 3.97. The number of aromatic nitrogens is 1. The van der Waals surface area contributed by atoms with Crippen molar-refractivity contribution in [3.8, 4) is 5.88 Å². The lowest BCUT2D eigenvalue weighted by Gasteiger charge is -2.10. The van der Waals surface area contributed by atoms with Crippen LogP contribution in [0.1, 0.15) is 0 Å². The third-order valence-corrected chi connectivity index (χ3v) is 2.84. The molecule has 0 saturated carbocycles. The number of thioether (sulfide) groups is 1. The van der Waals surface area contributed by atoms with E-state index in [1.807, 2.05) is 20.2 Å². The largest absolute Gasteiger partial charge is 0.481 e. The van der Waals surface area contributed by atoms with Crippen LogP contribution in [0.15, 0.2) is 17.2 Å². The van der Waals surface area contributed by atoms with Crippen molar-refractivity contribution in [2.75, 3.05) is 39.2 Å². The molecule has 0 spiro atoms. The Labute approximate surface area is 94.8 Å². The molecule has 1 heterocycles. The number of pyridine rings is 1. The smallest absolute Gasteiger partial charge is 0.214 e. The van der Waals surface area contributed by atoms with E-state index in [-0.39, 0.29) is 0 Å². The molecule has 1 aromatic rings. The quantitative estimate of drug-likeness (QED) is 0.769. The molecule has 5 heteroatoms. The molecule has 0 aliphatic carbocycles. The fraction of sp³-hybridized carbons (Fsp3) is 0.500. The molecule has 0 aromatic carbocycles. The van der Waals surface area contributed by atoms with E-state index in [0.717, 1.165) is 17.3 Å². The second-order valence-electron chi connectivity index (χ2n) is 3.40. The minimum Gasteiger partial charge on any atom is -0.481 e. The molecule has 84 valence electrons. The Kier molecular flexibility index (Phi) is 4.71. The van der Waals surface area contributed by atoms with Crippen molar-refractivity contribution in [3.63, 3.8) is 0 Å². The van der Waals surface area contributed by atoms with E-state index in [2.05, 4.69) is 9.88 Å². The van der Waals surface area contributed by atoms with Gasteiger partial charge in [-0.05, 0) is 20.2 Å². The van der Waals surface area contributed by atoms with Crippen LogP contribution in [0.3, 0.4) is 0 Å². The molecular weight excluding hydrogens is 210 g/mol. The summed E-state index contributed by atoms with van der Waals surface area (Å²) in [4.78, 5) is 6.41. The Balaban J connectivity index is 2.59. The molecule has 0 aliphatic rings. The number of rotatable bonds is 5. The highest BCUT2D eigenvalue weighted by molar-refractivity contribution is 7.99. The van der Waals surface area contributed by atoms with Crippen molar-refractivity contribution < 1.29 is 4.74 Å². The molecule has 0 amide bonds. The van der Waals surface area contributed by atoms with Gasteiger partial charge in [0.1, 0.15) is 5.03 Å². The van der Waals surface area contributed by atoms with Crippen molar-refractivity contribution in [1.82, 2.24) is 9.88 Å². The van der Waals surface area contributed by atoms with E-state index in [1.165, 1.54) is 0 Å². The van der Waals surface area contributed by atoms with Gasteiger partial charge >= 0.3 is 0 Å². The Hall–Kier alpha value is -0.940. The molecule has 0 radical (unpaired) electrons. The predicted octanol–water partition coefficient (Wildman–Crippen LogP) is 1.33. The maximum atomic E-state index is 5.81. The van der Waals surface area contributed by atoms with E-state index < -0.39 is 0 Å². The molecule has 0 atom stereocenters. The average Bonchev–Trinajstić information content (AvgIpc) is 2.20. The Morgan fingerprint density at radius 3 is 2.80 bits per heavy atom. The molecule has 0 fully saturated rings. The first-order chi connectivity index (χ1) is 7.13. The first-order valence-corrected chi connectivity index (χ1v) is 5.70. The average molecular weight is 227 g/mol. The maximum absolute atomic E-state index is 5.81. The summed E-state index contributed by atoms with van der Waals surface area (Å²) >= 11 is 1.65. The number of methoxy groups -OCH3 is 1. The van der Waals surface area contributed by atoms with Crippen molar-refractivity contribution >= 4 is 17.4 Å². The topological polar surface area (TPSA) is 51.4 Å². The molecule has 15 heavy (non-hydrogen) atoms. The molecule has 0 bridgehead atoms. The summed E-state index contributed by atoms with van der Waals surface area (Å²) in [6.45, 7) is 1.00. The van der Waals surface area contributed by atoms with Crippen LogP contribution < -0.4 is 10.5 Å². The van der Waals surface area contributed by atoms with Crippen molar-refractivity contribution in [3.05, 3.63) is 12.1 Å². The van der Waals surface area contributed by atoms with Gasteiger partial charge in [0.25, 0.3) is 0 Å². The number of nitrogens with two attached hydrogens (primary N) is 1. The highest BCUT2D eigenvalue weighted by Gasteiger charge is 2.04. The molecule has 0 saturated heterocycles. The predicted molar refractivity (Wildman–Crippen MR) is 64.5 cm³/mol. The van der Waals surface area contributed by atoms with Crippen LogP contribution in [0.25, 0.3) is 0 Å². The number of hydrogen-bond donors (Lipinski definition) is 1. The monoisotopic (exact) mass is 227 g/mol. The summed E-state index contributed by atoms with van der Waals surface area (Å²) < 4.78 is 5.05. The van der Waals surface area contributed by atoms with Gasteiger partial charge in [-0.3, -0.25) is 0 Å². The van der Waals surface area contributed by atoms with E-state index in [9.17, 15) is 0 Å². The van der Waals surface area contributed by atoms with Crippen LogP contribution in [0, 0.1) is 0 Å². The fourth-order valence-electron chi connectivity index (χ4n) is 0.988. The van der Waals surface area contributed by atoms with Gasteiger partial charge in [0.2, 0.25) is 5.88 Å². The van der Waals surface area contributed by atoms with E-state index >= 15 is 0 Å². The second-order valence-corrected chi connectivity index (χ2v) is 4.48. The lowest BCUT2D eigenvalue weighted by Crippen LogP contribution is -2.14. The Bertz CT molecular complexity index is 318. The van der Waals surface area contributed by atoms with Gasteiger partial charge in [-0.1, -0.05) is 0 Å². The molecule has 1 rings (SSSR count). The third-order valence-electron chi connectivity index (χ3n) is 1.85. The van der Waals surface area contributed by atoms with Crippen molar-refractivity contribution in [2.45, 2.75) is 5.03 Å². The summed E-state index contributed by atoms with van der Waals surface area (Å²) in [6.07, 6.45) is 0. The normalized spacial score (nSPS) is 10.7. The summed E-state index contributed by atoms with van der Waals surface area (Å²) in [5.74, 6) is 1.58. The van der Waals surface area contributed by atoms with Gasteiger partial charge in [-0.25, -0.2) is 4.98 Å². The summed E-state index contributed by atoms with van der Waals surface area (Å²) in [5, 5.41) is 0.844. The van der Waals surface area contributed by atoms with Crippen LogP contribution in [0.4, 0.5) is 5.69 Å². The first-order valence-electron chi connectivity index (χ1n) is 4.71. The van der Waals surface area contributed by atoms with Gasteiger partial charge in [0.15, 0.2) is 0 Å². The van der Waals surface area contributed by atoms with Crippen LogP contribution in [0.5, 0.6) is 5.88 Å². The Morgan fingerprint density at radius 1 is 1.47 bits per heavy atom. The first kappa shape index (κ1) is 12.1. The van der Waals surface area contributed by atoms with E-state index in [1.54, 1.807) is 24.9 Å². The van der Waals surface area contributed by atoms with Crippen LogP contribution in [0.2, 0.25) is 0 Å². The van der Waals surface area contributed by atoms with Crippen LogP contribution in [-0.4, -0.2) is 43.4 Å². The van der Waals surface area contributed by atoms with E-state index in [4.69, 9.17) is 10.5 Å². The van der Waals surface area contributed by atoms with Crippen LogP contribution in [-0.2, 0) is 0 Å².